The van der Waals surface area contributed by atoms with Gasteiger partial charge in [-0.25, -0.2) is 0 Å². The minimum atomic E-state index is -0.613. The van der Waals surface area contributed by atoms with Crippen LogP contribution in [0.3, 0.4) is 0 Å². The molecule has 0 spiro atoms. The van der Waals surface area contributed by atoms with Crippen molar-refractivity contribution in [3.05, 3.63) is 28.8 Å². The molecule has 0 aliphatic carbocycles. The Morgan fingerprint density at radius 3 is 0.750 bits per heavy atom. The van der Waals surface area contributed by atoms with Gasteiger partial charge in [0.25, 0.3) is 0 Å². The summed E-state index contributed by atoms with van der Waals surface area (Å²) in [6.45, 7) is 6.95. The fourth-order valence-electron chi connectivity index (χ4n) is 10.3. The molecule has 1 aromatic rings. The Hall–Kier alpha value is 0.700. The van der Waals surface area contributed by atoms with Crippen molar-refractivity contribution in [3.63, 3.8) is 0 Å². The number of hydrogen-bond donors (Lipinski definition) is 2. The fraction of sp³-hybridized carbons (Fsp3) is 0.900. The van der Waals surface area contributed by atoms with Crippen LogP contribution in [0.1, 0.15) is 346 Å². The van der Waals surface area contributed by atoms with E-state index in [2.05, 4.69) is 32.9 Å². The van der Waals surface area contributed by atoms with Gasteiger partial charge in [-0.05, 0) is 61.3 Å². The predicted molar refractivity (Wildman–Crippen MR) is 307 cm³/mol. The molecule has 0 amide bonds. The smallest absolute Gasteiger partial charge is 0.0715 e. The van der Waals surface area contributed by atoms with Gasteiger partial charge in [0.1, 0.15) is 0 Å². The molecule has 0 nitrogen and oxygen atoms in total. The monoisotopic (exact) mass is 963 g/mol. The number of aryl methyl sites for hydroxylation is 1. The van der Waals surface area contributed by atoms with E-state index in [1.54, 1.807) is 16.7 Å². The van der Waals surface area contributed by atoms with E-state index in [9.17, 15) is 0 Å². The third kappa shape index (κ3) is 41.7. The zero-order valence-corrected chi connectivity index (χ0v) is 47.5. The highest BCUT2D eigenvalue weighted by Crippen LogP contribution is 2.62. The van der Waals surface area contributed by atoms with Gasteiger partial charge in [0.2, 0.25) is 0 Å². The van der Waals surface area contributed by atoms with Gasteiger partial charge in [0.15, 0.2) is 0 Å². The molecular formula is C60H115PS3. The van der Waals surface area contributed by atoms with Crippen LogP contribution in [0.15, 0.2) is 17.0 Å². The summed E-state index contributed by atoms with van der Waals surface area (Å²) in [5.74, 6) is 0. The Labute approximate surface area is 420 Å². The van der Waals surface area contributed by atoms with Crippen LogP contribution in [0, 0.1) is 0 Å². The molecule has 378 valence electrons. The van der Waals surface area contributed by atoms with Crippen LogP contribution in [0.2, 0.25) is 0 Å². The lowest BCUT2D eigenvalue weighted by atomic mass is 9.90. The van der Waals surface area contributed by atoms with Crippen molar-refractivity contribution in [2.75, 3.05) is 0 Å². The minimum Gasteiger partial charge on any atom is -0.130 e. The first kappa shape index (κ1) is 62.7. The third-order valence-electron chi connectivity index (χ3n) is 14.5. The van der Waals surface area contributed by atoms with Crippen LogP contribution in [-0.4, -0.2) is 0 Å². The van der Waals surface area contributed by atoms with Gasteiger partial charge in [-0.2, -0.15) is 0 Å². The third-order valence-corrected chi connectivity index (χ3v) is 17.8. The van der Waals surface area contributed by atoms with Gasteiger partial charge in [-0.1, -0.05) is 327 Å². The lowest BCUT2D eigenvalue weighted by Gasteiger charge is -2.20. The second kappa shape index (κ2) is 51.5. The van der Waals surface area contributed by atoms with Crippen LogP contribution in [0.4, 0.5) is 0 Å². The molecule has 0 saturated heterocycles. The van der Waals surface area contributed by atoms with Gasteiger partial charge in [-0.15, -0.1) is 24.5 Å². The molecule has 64 heavy (non-hydrogen) atoms. The van der Waals surface area contributed by atoms with Crippen molar-refractivity contribution in [3.8, 4) is 0 Å². The van der Waals surface area contributed by atoms with E-state index in [0.717, 1.165) is 0 Å². The van der Waals surface area contributed by atoms with Gasteiger partial charge in [0, 0.05) is 4.90 Å². The summed E-state index contributed by atoms with van der Waals surface area (Å²) in [5.41, 5.74) is 4.51. The molecule has 0 radical (unpaired) electrons. The molecule has 0 unspecified atom stereocenters. The number of hydrogen-bond acceptors (Lipinski definition) is 3. The highest BCUT2D eigenvalue weighted by atomic mass is 33.3. The van der Waals surface area contributed by atoms with Crippen LogP contribution >= 0.6 is 41.4 Å². The highest BCUT2D eigenvalue weighted by Gasteiger charge is 2.16. The molecule has 0 bridgehead atoms. The maximum atomic E-state index is 4.82. The van der Waals surface area contributed by atoms with E-state index in [1.165, 1.54) is 332 Å². The summed E-state index contributed by atoms with van der Waals surface area (Å²) < 4.78 is 0. The van der Waals surface area contributed by atoms with E-state index < -0.39 is 5.53 Å². The highest BCUT2D eigenvalue weighted by molar-refractivity contribution is 9.06. The Morgan fingerprint density at radius 1 is 0.281 bits per heavy atom. The van der Waals surface area contributed by atoms with Crippen molar-refractivity contribution < 1.29 is 0 Å². The average Bonchev–Trinajstić information content (AvgIpc) is 3.29. The molecule has 0 saturated carbocycles. The predicted octanol–water partition coefficient (Wildman–Crippen LogP) is 24.3. The molecular weight excluding hydrogens is 848 g/mol. The van der Waals surface area contributed by atoms with Gasteiger partial charge >= 0.3 is 0 Å². The van der Waals surface area contributed by atoms with Crippen molar-refractivity contribution in [1.82, 2.24) is 0 Å². The first-order valence-corrected chi connectivity index (χ1v) is 34.7. The van der Waals surface area contributed by atoms with Crippen LogP contribution in [-0.2, 0) is 19.3 Å². The van der Waals surface area contributed by atoms with Crippen LogP contribution in [0.25, 0.3) is 0 Å². The first-order valence-electron chi connectivity index (χ1n) is 29.6. The van der Waals surface area contributed by atoms with Gasteiger partial charge in [0.05, 0.1) is 5.53 Å². The number of benzene rings is 1. The van der Waals surface area contributed by atoms with Crippen molar-refractivity contribution in [2.24, 2.45) is 0 Å². The summed E-state index contributed by atoms with van der Waals surface area (Å²) in [6, 6.07) is 5.01. The topological polar surface area (TPSA) is 0 Å². The Bertz CT molecular complexity index is 1060. The molecule has 0 N–H and O–H groups in total. The summed E-state index contributed by atoms with van der Waals surface area (Å²) in [5, 5.41) is 0. The standard InChI is InChI=1S/C60H115PS3/c1-4-7-10-13-16-19-22-25-28-31-34-37-40-43-46-49-52-57-55-56-60(64-61(62)63)59(54-51-48-45-42-39-36-33-30-27-24-21-18-15-12-9-6-3)58(57)53-50-47-44-41-38-35-32-29-26-23-20-17-14-11-8-5-2/h55-56,62-63H,4-54H2,1-3H3. The van der Waals surface area contributed by atoms with Crippen molar-refractivity contribution in [2.45, 2.75) is 353 Å². The second-order valence-electron chi connectivity index (χ2n) is 20.7. The maximum absolute atomic E-state index is 4.82. The van der Waals surface area contributed by atoms with Crippen molar-refractivity contribution in [1.29, 1.82) is 0 Å². The molecule has 1 aromatic carbocycles. The Balaban J connectivity index is 2.53. The van der Waals surface area contributed by atoms with E-state index in [0.29, 0.717) is 0 Å². The molecule has 0 atom stereocenters. The SMILES string of the molecule is CCCCCCCCCCCCCCCCCCc1ccc(SP(S)S)c(CCCCCCCCCCCCCCCCCC)c1CCCCCCCCCCCCCCCCCC. The summed E-state index contributed by atoms with van der Waals surface area (Å²) >= 11 is 11.6. The average molecular weight is 964 g/mol. The quantitative estimate of drug-likeness (QED) is 0.0373. The van der Waals surface area contributed by atoms with E-state index in [-0.39, 0.29) is 0 Å². The molecule has 4 heteroatoms. The van der Waals surface area contributed by atoms with E-state index in [1.807, 2.05) is 11.4 Å². The first-order chi connectivity index (χ1) is 31.6. The number of rotatable bonds is 53. The molecule has 1 rings (SSSR count). The number of thiol groups is 2. The summed E-state index contributed by atoms with van der Waals surface area (Å²) in [6.07, 6.45) is 72.9. The maximum Gasteiger partial charge on any atom is 0.0715 e. The fourth-order valence-corrected chi connectivity index (χ4v) is 13.5. The van der Waals surface area contributed by atoms with E-state index in [4.69, 9.17) is 24.5 Å². The minimum absolute atomic E-state index is 0.613. The second-order valence-corrected chi connectivity index (χ2v) is 28.4. The Kier molecular flexibility index (Phi) is 50.5. The van der Waals surface area contributed by atoms with Crippen LogP contribution < -0.4 is 0 Å². The number of unbranched alkanes of at least 4 members (excludes halogenated alkanes) is 45. The lowest BCUT2D eigenvalue weighted by molar-refractivity contribution is 0.527. The zero-order chi connectivity index (χ0) is 46.1. The summed E-state index contributed by atoms with van der Waals surface area (Å²) in [7, 11) is 0. The van der Waals surface area contributed by atoms with Gasteiger partial charge < -0.3 is 0 Å². The van der Waals surface area contributed by atoms with Gasteiger partial charge in [-0.3, -0.25) is 0 Å². The molecule has 0 aliphatic heterocycles. The zero-order valence-electron chi connectivity index (χ0n) is 44.0. The normalized spacial score (nSPS) is 11.8. The largest absolute Gasteiger partial charge is 0.130 e. The molecule has 0 aliphatic rings. The molecule has 0 heterocycles. The molecule has 0 fully saturated rings. The van der Waals surface area contributed by atoms with E-state index >= 15 is 0 Å². The van der Waals surface area contributed by atoms with Crippen LogP contribution in [0.5, 0.6) is 0 Å². The Morgan fingerprint density at radius 2 is 0.500 bits per heavy atom. The molecule has 0 aromatic heterocycles. The van der Waals surface area contributed by atoms with Crippen molar-refractivity contribution >= 4 is 41.4 Å². The summed E-state index contributed by atoms with van der Waals surface area (Å²) in [4.78, 5) is 1.50. The lowest BCUT2D eigenvalue weighted by Crippen LogP contribution is -2.04.